The molecule has 0 aromatic rings. The number of hydrogen-bond donors (Lipinski definition) is 2. The molecule has 0 aromatic carbocycles. The monoisotopic (exact) mass is 458 g/mol. The molecule has 0 heterocycles. The Morgan fingerprint density at radius 1 is 0.719 bits per heavy atom. The second-order valence-corrected chi connectivity index (χ2v) is 7.66. The summed E-state index contributed by atoms with van der Waals surface area (Å²) in [6.45, 7) is 11.6. The Morgan fingerprint density at radius 3 is 1.59 bits per heavy atom. The molecule has 0 aliphatic heterocycles. The molecule has 1 unspecified atom stereocenters. The lowest BCUT2D eigenvalue weighted by molar-refractivity contribution is -0.150. The SMILES string of the molecule is C=C(C)C(=O)OCCOC(=O)NCCCCCCNC(=O)OCCOC(=O)C(C)C(C)C. The summed E-state index contributed by atoms with van der Waals surface area (Å²) in [7, 11) is 0. The summed E-state index contributed by atoms with van der Waals surface area (Å²) in [6, 6.07) is 0. The minimum atomic E-state index is -0.565. The summed E-state index contributed by atoms with van der Waals surface area (Å²) in [6.07, 6.45) is 2.18. The number of carbonyl (C=O) groups excluding carboxylic acids is 4. The molecule has 0 bridgehead atoms. The molecule has 0 spiro atoms. The lowest BCUT2D eigenvalue weighted by Gasteiger charge is -2.14. The van der Waals surface area contributed by atoms with Crippen molar-refractivity contribution in [2.75, 3.05) is 39.5 Å². The highest BCUT2D eigenvalue weighted by molar-refractivity contribution is 5.86. The third-order valence-corrected chi connectivity index (χ3v) is 4.47. The van der Waals surface area contributed by atoms with Gasteiger partial charge in [0.2, 0.25) is 0 Å². The van der Waals surface area contributed by atoms with Crippen LogP contribution in [0.3, 0.4) is 0 Å². The number of hydrogen-bond acceptors (Lipinski definition) is 8. The normalized spacial score (nSPS) is 11.3. The number of unbranched alkanes of at least 4 members (excludes halogenated alkanes) is 3. The van der Waals surface area contributed by atoms with Crippen molar-refractivity contribution in [3.63, 3.8) is 0 Å². The summed E-state index contributed by atoms with van der Waals surface area (Å²) in [5.41, 5.74) is 0.288. The molecule has 32 heavy (non-hydrogen) atoms. The van der Waals surface area contributed by atoms with Crippen LogP contribution in [0.15, 0.2) is 12.2 Å². The van der Waals surface area contributed by atoms with E-state index in [1.807, 2.05) is 13.8 Å². The lowest BCUT2D eigenvalue weighted by Crippen LogP contribution is -2.28. The molecule has 0 aliphatic carbocycles. The van der Waals surface area contributed by atoms with Crippen molar-refractivity contribution in [1.29, 1.82) is 0 Å². The van der Waals surface area contributed by atoms with Gasteiger partial charge in [0, 0.05) is 18.7 Å². The Hall–Kier alpha value is -2.78. The van der Waals surface area contributed by atoms with Crippen LogP contribution in [0.4, 0.5) is 9.59 Å². The summed E-state index contributed by atoms with van der Waals surface area (Å²) < 4.78 is 19.7. The van der Waals surface area contributed by atoms with Gasteiger partial charge >= 0.3 is 24.1 Å². The Morgan fingerprint density at radius 2 is 1.16 bits per heavy atom. The molecule has 10 nitrogen and oxygen atoms in total. The quantitative estimate of drug-likeness (QED) is 0.156. The van der Waals surface area contributed by atoms with Gasteiger partial charge in [0.15, 0.2) is 0 Å². The van der Waals surface area contributed by atoms with Crippen LogP contribution in [0.5, 0.6) is 0 Å². The zero-order valence-electron chi connectivity index (χ0n) is 19.7. The van der Waals surface area contributed by atoms with E-state index in [1.54, 1.807) is 6.92 Å². The summed E-state index contributed by atoms with van der Waals surface area (Å²) in [5, 5.41) is 5.24. The Balaban J connectivity index is 3.49. The fourth-order valence-corrected chi connectivity index (χ4v) is 2.16. The summed E-state index contributed by atoms with van der Waals surface area (Å²) in [5.74, 6) is -0.811. The predicted molar refractivity (Wildman–Crippen MR) is 118 cm³/mol. The summed E-state index contributed by atoms with van der Waals surface area (Å²) >= 11 is 0. The molecule has 0 rings (SSSR count). The minimum absolute atomic E-state index is 0.0144. The van der Waals surface area contributed by atoms with Crippen molar-refractivity contribution in [3.8, 4) is 0 Å². The van der Waals surface area contributed by atoms with Gasteiger partial charge in [-0.05, 0) is 25.7 Å². The molecule has 0 aliphatic rings. The highest BCUT2D eigenvalue weighted by atomic mass is 16.6. The van der Waals surface area contributed by atoms with E-state index in [-0.39, 0.29) is 49.8 Å². The number of rotatable bonds is 16. The zero-order chi connectivity index (χ0) is 24.4. The predicted octanol–water partition coefficient (Wildman–Crippen LogP) is 2.95. The smallest absolute Gasteiger partial charge is 0.407 e. The first kappa shape index (κ1) is 29.2. The van der Waals surface area contributed by atoms with Gasteiger partial charge < -0.3 is 29.6 Å². The molecule has 0 saturated carbocycles. The highest BCUT2D eigenvalue weighted by Crippen LogP contribution is 2.11. The van der Waals surface area contributed by atoms with E-state index < -0.39 is 18.2 Å². The molecule has 2 N–H and O–H groups in total. The summed E-state index contributed by atoms with van der Waals surface area (Å²) in [4.78, 5) is 45.8. The maximum Gasteiger partial charge on any atom is 0.407 e. The molecular formula is C22H38N2O8. The van der Waals surface area contributed by atoms with Gasteiger partial charge in [0.25, 0.3) is 0 Å². The number of nitrogens with one attached hydrogen (secondary N) is 2. The number of ether oxygens (including phenoxy) is 4. The van der Waals surface area contributed by atoms with Crippen LogP contribution in [0.25, 0.3) is 0 Å². The zero-order valence-corrected chi connectivity index (χ0v) is 19.7. The van der Waals surface area contributed by atoms with Crippen LogP contribution in [-0.4, -0.2) is 63.6 Å². The van der Waals surface area contributed by atoms with Crippen molar-refractivity contribution in [3.05, 3.63) is 12.2 Å². The van der Waals surface area contributed by atoms with E-state index in [0.29, 0.717) is 13.1 Å². The Kier molecular flexibility index (Phi) is 16.3. The van der Waals surface area contributed by atoms with E-state index in [1.165, 1.54) is 6.92 Å². The molecule has 1 atom stereocenters. The van der Waals surface area contributed by atoms with Gasteiger partial charge in [0.1, 0.15) is 26.4 Å². The highest BCUT2D eigenvalue weighted by Gasteiger charge is 2.17. The van der Waals surface area contributed by atoms with Crippen LogP contribution in [0.1, 0.15) is 53.4 Å². The average Bonchev–Trinajstić information content (AvgIpc) is 2.74. The first-order chi connectivity index (χ1) is 15.1. The Bertz CT molecular complexity index is 607. The average molecular weight is 459 g/mol. The second kappa shape index (κ2) is 17.9. The molecule has 10 heteroatoms. The molecule has 184 valence electrons. The second-order valence-electron chi connectivity index (χ2n) is 7.66. The van der Waals surface area contributed by atoms with E-state index in [2.05, 4.69) is 17.2 Å². The maximum atomic E-state index is 11.7. The van der Waals surface area contributed by atoms with Crippen LogP contribution >= 0.6 is 0 Å². The molecule has 0 saturated heterocycles. The largest absolute Gasteiger partial charge is 0.462 e. The van der Waals surface area contributed by atoms with Gasteiger partial charge in [-0.3, -0.25) is 4.79 Å². The number of alkyl carbamates (subject to hydrolysis) is 2. The van der Waals surface area contributed by atoms with Crippen molar-refractivity contribution in [2.24, 2.45) is 11.8 Å². The Labute approximate surface area is 190 Å². The molecule has 0 aromatic heterocycles. The number of esters is 2. The van der Waals surface area contributed by atoms with Crippen LogP contribution < -0.4 is 10.6 Å². The van der Waals surface area contributed by atoms with E-state index >= 15 is 0 Å². The fourth-order valence-electron chi connectivity index (χ4n) is 2.16. The third-order valence-electron chi connectivity index (χ3n) is 4.47. The third kappa shape index (κ3) is 16.0. The van der Waals surface area contributed by atoms with Crippen LogP contribution in [-0.2, 0) is 28.5 Å². The van der Waals surface area contributed by atoms with Gasteiger partial charge in [-0.15, -0.1) is 0 Å². The first-order valence-corrected chi connectivity index (χ1v) is 11.0. The van der Waals surface area contributed by atoms with Crippen LogP contribution in [0.2, 0.25) is 0 Å². The van der Waals surface area contributed by atoms with Gasteiger partial charge in [0.05, 0.1) is 5.92 Å². The standard InChI is InChI=1S/C22H38N2O8/c1-16(2)18(5)20(26)30-13-15-32-22(28)24-11-9-7-6-8-10-23-21(27)31-14-12-29-19(25)17(3)4/h16,18H,3,6-15H2,1-2,4-5H3,(H,23,27)(H,24,28). The topological polar surface area (TPSA) is 129 Å². The minimum Gasteiger partial charge on any atom is -0.462 e. The maximum absolute atomic E-state index is 11.7. The van der Waals surface area contributed by atoms with Gasteiger partial charge in [-0.1, -0.05) is 40.2 Å². The first-order valence-electron chi connectivity index (χ1n) is 11.0. The van der Waals surface area contributed by atoms with Crippen LogP contribution in [0, 0.1) is 11.8 Å². The van der Waals surface area contributed by atoms with Crippen molar-refractivity contribution >= 4 is 24.1 Å². The lowest BCUT2D eigenvalue weighted by atomic mass is 9.99. The molecule has 0 radical (unpaired) electrons. The van der Waals surface area contributed by atoms with Gasteiger partial charge in [-0.2, -0.15) is 0 Å². The number of amides is 2. The van der Waals surface area contributed by atoms with Crippen molar-refractivity contribution in [1.82, 2.24) is 10.6 Å². The van der Waals surface area contributed by atoms with E-state index in [4.69, 9.17) is 18.9 Å². The molecule has 2 amide bonds. The van der Waals surface area contributed by atoms with Gasteiger partial charge in [-0.25, -0.2) is 14.4 Å². The van der Waals surface area contributed by atoms with E-state index in [9.17, 15) is 19.2 Å². The number of carbonyl (C=O) groups is 4. The fraction of sp³-hybridized carbons (Fsp3) is 0.727. The van der Waals surface area contributed by atoms with Crippen molar-refractivity contribution < 1.29 is 38.1 Å². The molecular weight excluding hydrogens is 420 g/mol. The molecule has 0 fully saturated rings. The van der Waals surface area contributed by atoms with Crippen molar-refractivity contribution in [2.45, 2.75) is 53.4 Å². The van der Waals surface area contributed by atoms with E-state index in [0.717, 1.165) is 25.7 Å².